The number of nitrogens with zero attached hydrogens (tertiary/aromatic N) is 2. The lowest BCUT2D eigenvalue weighted by Gasteiger charge is -2.22. The van der Waals surface area contributed by atoms with Crippen LogP contribution in [0.3, 0.4) is 0 Å². The molecule has 0 aliphatic heterocycles. The van der Waals surface area contributed by atoms with Gasteiger partial charge in [0.05, 0.1) is 23.2 Å². The maximum Gasteiger partial charge on any atom is 0.101 e. The van der Waals surface area contributed by atoms with E-state index in [2.05, 4.69) is 12.1 Å². The lowest BCUT2D eigenvalue weighted by molar-refractivity contribution is 0.638. The summed E-state index contributed by atoms with van der Waals surface area (Å²) in [6.45, 7) is 0. The highest BCUT2D eigenvalue weighted by Gasteiger charge is 2.23. The number of anilines is 1. The Bertz CT molecular complexity index is 477. The molecule has 2 N–H and O–H groups in total. The van der Waals surface area contributed by atoms with Crippen molar-refractivity contribution in [2.45, 2.75) is 25.2 Å². The van der Waals surface area contributed by atoms with Crippen LogP contribution in [0.2, 0.25) is 0 Å². The summed E-state index contributed by atoms with van der Waals surface area (Å²) < 4.78 is 0. The van der Waals surface area contributed by atoms with Crippen LogP contribution < -0.4 is 5.73 Å². The largest absolute Gasteiger partial charge is 0.397 e. The molecule has 1 atom stereocenters. The van der Waals surface area contributed by atoms with Crippen LogP contribution in [0.25, 0.3) is 0 Å². The zero-order chi connectivity index (χ0) is 10.8. The van der Waals surface area contributed by atoms with E-state index < -0.39 is 0 Å². The number of fused-ring (bicyclic) bond motifs is 1. The van der Waals surface area contributed by atoms with E-state index in [4.69, 9.17) is 16.3 Å². The van der Waals surface area contributed by atoms with E-state index in [1.165, 1.54) is 0 Å². The molecular weight excluding hydrogens is 186 g/mol. The van der Waals surface area contributed by atoms with Crippen LogP contribution in [0.1, 0.15) is 35.4 Å². The van der Waals surface area contributed by atoms with Crippen molar-refractivity contribution in [3.05, 3.63) is 28.8 Å². The van der Waals surface area contributed by atoms with Crippen molar-refractivity contribution in [1.82, 2.24) is 0 Å². The van der Waals surface area contributed by atoms with Gasteiger partial charge in [-0.15, -0.1) is 0 Å². The molecule has 0 radical (unpaired) electrons. The quantitative estimate of drug-likeness (QED) is 0.647. The number of nitrogens with two attached hydrogens (primary N) is 1. The van der Waals surface area contributed by atoms with Crippen LogP contribution in [-0.4, -0.2) is 0 Å². The molecule has 0 heterocycles. The third kappa shape index (κ3) is 1.43. The van der Waals surface area contributed by atoms with Crippen molar-refractivity contribution in [2.24, 2.45) is 0 Å². The summed E-state index contributed by atoms with van der Waals surface area (Å²) in [7, 11) is 0. The maximum atomic E-state index is 9.04. The van der Waals surface area contributed by atoms with Crippen molar-refractivity contribution in [2.75, 3.05) is 5.73 Å². The first-order valence-corrected chi connectivity index (χ1v) is 4.99. The Balaban J connectivity index is 2.63. The van der Waals surface area contributed by atoms with Gasteiger partial charge in [0.1, 0.15) is 6.07 Å². The summed E-state index contributed by atoms with van der Waals surface area (Å²) in [4.78, 5) is 0. The summed E-state index contributed by atoms with van der Waals surface area (Å²) >= 11 is 0. The highest BCUT2D eigenvalue weighted by Crippen LogP contribution is 2.36. The fourth-order valence-corrected chi connectivity index (χ4v) is 2.18. The van der Waals surface area contributed by atoms with E-state index in [0.717, 1.165) is 30.4 Å². The smallest absolute Gasteiger partial charge is 0.101 e. The lowest BCUT2D eigenvalue weighted by Crippen LogP contribution is -2.12. The fourth-order valence-electron chi connectivity index (χ4n) is 2.18. The first kappa shape index (κ1) is 9.55. The van der Waals surface area contributed by atoms with Crippen LogP contribution >= 0.6 is 0 Å². The van der Waals surface area contributed by atoms with Gasteiger partial charge in [-0.3, -0.25) is 0 Å². The Labute approximate surface area is 88.7 Å². The highest BCUT2D eigenvalue weighted by atomic mass is 14.6. The molecule has 0 aromatic heterocycles. The monoisotopic (exact) mass is 197 g/mol. The van der Waals surface area contributed by atoms with Crippen LogP contribution in [0, 0.1) is 22.7 Å². The zero-order valence-corrected chi connectivity index (χ0v) is 8.33. The van der Waals surface area contributed by atoms with Crippen molar-refractivity contribution < 1.29 is 0 Å². The molecule has 3 heteroatoms. The number of hydrogen-bond acceptors (Lipinski definition) is 3. The average Bonchev–Trinajstić information content (AvgIpc) is 2.29. The standard InChI is InChI=1S/C12H11N3/c13-6-9-3-1-2-8-4-5-10(7-14)12(15)11(8)9/h4-5,9H,1-3,15H2. The number of rotatable bonds is 0. The van der Waals surface area contributed by atoms with E-state index in [1.54, 1.807) is 6.07 Å². The Morgan fingerprint density at radius 3 is 2.80 bits per heavy atom. The third-order valence-electron chi connectivity index (χ3n) is 2.94. The molecule has 0 bridgehead atoms. The van der Waals surface area contributed by atoms with E-state index in [9.17, 15) is 0 Å². The van der Waals surface area contributed by atoms with Gasteiger partial charge in [0.15, 0.2) is 0 Å². The van der Waals surface area contributed by atoms with Gasteiger partial charge in [0.25, 0.3) is 0 Å². The van der Waals surface area contributed by atoms with Gasteiger partial charge >= 0.3 is 0 Å². The minimum absolute atomic E-state index is 0.137. The number of benzene rings is 1. The predicted molar refractivity (Wildman–Crippen MR) is 56.9 cm³/mol. The number of nitrogen functional groups attached to an aromatic ring is 1. The zero-order valence-electron chi connectivity index (χ0n) is 8.33. The molecule has 0 saturated carbocycles. The molecule has 0 amide bonds. The van der Waals surface area contributed by atoms with Crippen molar-refractivity contribution in [3.63, 3.8) is 0 Å². The second kappa shape index (κ2) is 3.63. The van der Waals surface area contributed by atoms with Crippen LogP contribution in [-0.2, 0) is 6.42 Å². The second-order valence-corrected chi connectivity index (χ2v) is 3.79. The van der Waals surface area contributed by atoms with Gasteiger partial charge in [-0.1, -0.05) is 6.07 Å². The van der Waals surface area contributed by atoms with E-state index in [1.807, 2.05) is 6.07 Å². The van der Waals surface area contributed by atoms with Gasteiger partial charge < -0.3 is 5.73 Å². The Kier molecular flexibility index (Phi) is 2.31. The molecule has 1 aromatic rings. The third-order valence-corrected chi connectivity index (χ3v) is 2.94. The summed E-state index contributed by atoms with van der Waals surface area (Å²) in [6, 6.07) is 7.99. The molecule has 1 unspecified atom stereocenters. The second-order valence-electron chi connectivity index (χ2n) is 3.79. The minimum Gasteiger partial charge on any atom is -0.397 e. The predicted octanol–water partition coefficient (Wildman–Crippen LogP) is 2.08. The van der Waals surface area contributed by atoms with Crippen molar-refractivity contribution >= 4 is 5.69 Å². The maximum absolute atomic E-state index is 9.04. The molecule has 1 aromatic carbocycles. The Morgan fingerprint density at radius 1 is 1.33 bits per heavy atom. The Morgan fingerprint density at radius 2 is 2.13 bits per heavy atom. The SMILES string of the molecule is N#Cc1ccc2c(c1N)C(C#N)CCC2. The highest BCUT2D eigenvalue weighted by molar-refractivity contribution is 5.64. The first-order chi connectivity index (χ1) is 7.27. The van der Waals surface area contributed by atoms with Crippen molar-refractivity contribution in [3.8, 4) is 12.1 Å². The number of aryl methyl sites for hydroxylation is 1. The number of hydrogen-bond donors (Lipinski definition) is 1. The van der Waals surface area contributed by atoms with E-state index in [0.29, 0.717) is 11.3 Å². The molecular formula is C12H11N3. The first-order valence-electron chi connectivity index (χ1n) is 4.99. The molecule has 0 spiro atoms. The molecule has 0 fully saturated rings. The summed E-state index contributed by atoms with van der Waals surface area (Å²) in [5.41, 5.74) is 8.91. The summed E-state index contributed by atoms with van der Waals surface area (Å²) in [5.74, 6) is -0.137. The van der Waals surface area contributed by atoms with Gasteiger partial charge in [-0.2, -0.15) is 10.5 Å². The minimum atomic E-state index is -0.137. The molecule has 1 aliphatic carbocycles. The molecule has 1 aliphatic rings. The lowest BCUT2D eigenvalue weighted by atomic mass is 9.81. The van der Waals surface area contributed by atoms with E-state index in [-0.39, 0.29) is 5.92 Å². The van der Waals surface area contributed by atoms with Gasteiger partial charge in [0, 0.05) is 0 Å². The van der Waals surface area contributed by atoms with Gasteiger partial charge in [-0.05, 0) is 36.5 Å². The van der Waals surface area contributed by atoms with Gasteiger partial charge in [-0.25, -0.2) is 0 Å². The van der Waals surface area contributed by atoms with Crippen LogP contribution in [0.15, 0.2) is 12.1 Å². The average molecular weight is 197 g/mol. The molecule has 2 rings (SSSR count). The fraction of sp³-hybridized carbons (Fsp3) is 0.333. The summed E-state index contributed by atoms with van der Waals surface area (Å²) in [5, 5.41) is 17.9. The van der Waals surface area contributed by atoms with Crippen molar-refractivity contribution in [1.29, 1.82) is 10.5 Å². The molecule has 3 nitrogen and oxygen atoms in total. The summed E-state index contributed by atoms with van der Waals surface area (Å²) in [6.07, 6.45) is 2.84. The normalized spacial score (nSPS) is 18.7. The van der Waals surface area contributed by atoms with E-state index >= 15 is 0 Å². The van der Waals surface area contributed by atoms with Crippen LogP contribution in [0.5, 0.6) is 0 Å². The van der Waals surface area contributed by atoms with Gasteiger partial charge in [0.2, 0.25) is 0 Å². The number of nitriles is 2. The van der Waals surface area contributed by atoms with Crippen LogP contribution in [0.4, 0.5) is 5.69 Å². The molecule has 74 valence electrons. The topological polar surface area (TPSA) is 73.6 Å². The molecule has 15 heavy (non-hydrogen) atoms. The molecule has 0 saturated heterocycles. The Hall–Kier alpha value is -2.00.